The molecule has 0 aliphatic carbocycles. The molecule has 0 saturated carbocycles. The summed E-state index contributed by atoms with van der Waals surface area (Å²) in [6.45, 7) is 0.0860. The van der Waals surface area contributed by atoms with Crippen molar-refractivity contribution in [2.24, 2.45) is 7.05 Å². The molecule has 0 aliphatic rings. The maximum atomic E-state index is 12.3. The normalized spacial score (nSPS) is 12.2. The molecular weight excluding hydrogens is 300 g/mol. The van der Waals surface area contributed by atoms with Gasteiger partial charge in [0.2, 0.25) is 0 Å². The molecule has 0 amide bonds. The highest BCUT2D eigenvalue weighted by Gasteiger charge is 2.24. The number of aryl methyl sites for hydroxylation is 1. The highest BCUT2D eigenvalue weighted by Crippen LogP contribution is 2.23. The van der Waals surface area contributed by atoms with Gasteiger partial charge in [0, 0.05) is 31.0 Å². The predicted octanol–water partition coefficient (Wildman–Crippen LogP) is 0.190. The molecule has 3 aromatic rings. The number of nitrogen functional groups attached to an aromatic ring is 1. The summed E-state index contributed by atoms with van der Waals surface area (Å²) < 4.78 is 30.4. The summed E-state index contributed by atoms with van der Waals surface area (Å²) in [5.41, 5.74) is 5.70. The molecule has 20 heavy (non-hydrogen) atoms. The Bertz CT molecular complexity index is 859. The van der Waals surface area contributed by atoms with E-state index in [2.05, 4.69) is 14.7 Å². The van der Waals surface area contributed by atoms with Gasteiger partial charge in [-0.1, -0.05) is 0 Å². The Kier molecular flexibility index (Phi) is 3.00. The molecule has 3 rings (SSSR count). The van der Waals surface area contributed by atoms with E-state index in [1.54, 1.807) is 35.6 Å². The molecule has 0 bridgehead atoms. The lowest BCUT2D eigenvalue weighted by atomic mass is 10.6. The number of hydrogen-bond acceptors (Lipinski definition) is 6. The van der Waals surface area contributed by atoms with E-state index in [4.69, 9.17) is 5.73 Å². The Morgan fingerprint density at radius 3 is 2.95 bits per heavy atom. The fourth-order valence-electron chi connectivity index (χ4n) is 1.84. The van der Waals surface area contributed by atoms with Crippen molar-refractivity contribution in [2.75, 3.05) is 5.73 Å². The largest absolute Gasteiger partial charge is 0.381 e. The van der Waals surface area contributed by atoms with Gasteiger partial charge < -0.3 is 10.3 Å². The Balaban J connectivity index is 1.94. The number of rotatable bonds is 4. The molecule has 0 saturated heterocycles. The zero-order valence-electron chi connectivity index (χ0n) is 10.5. The minimum absolute atomic E-state index is 0.0100. The Labute approximate surface area is 118 Å². The third kappa shape index (κ3) is 2.07. The molecule has 0 aliphatic heterocycles. The highest BCUT2D eigenvalue weighted by atomic mass is 32.2. The molecule has 0 aromatic carbocycles. The summed E-state index contributed by atoms with van der Waals surface area (Å²) in [6.07, 6.45) is 4.97. The zero-order valence-corrected chi connectivity index (χ0v) is 12.1. The van der Waals surface area contributed by atoms with Crippen molar-refractivity contribution in [3.8, 4) is 0 Å². The molecule has 0 radical (unpaired) electrons. The van der Waals surface area contributed by atoms with E-state index < -0.39 is 10.0 Å². The van der Waals surface area contributed by atoms with Crippen molar-refractivity contribution in [1.29, 1.82) is 0 Å². The van der Waals surface area contributed by atoms with Crippen LogP contribution in [-0.2, 0) is 23.6 Å². The summed E-state index contributed by atoms with van der Waals surface area (Å²) in [7, 11) is -1.97. The fourth-order valence-corrected chi connectivity index (χ4v) is 3.81. The van der Waals surface area contributed by atoms with Gasteiger partial charge in [-0.3, -0.25) is 4.40 Å². The average molecular weight is 312 g/mol. The van der Waals surface area contributed by atoms with Crippen molar-refractivity contribution in [1.82, 2.24) is 23.7 Å². The van der Waals surface area contributed by atoms with Gasteiger partial charge in [0.25, 0.3) is 10.0 Å². The van der Waals surface area contributed by atoms with Crippen LogP contribution in [0.2, 0.25) is 0 Å². The molecule has 8 nitrogen and oxygen atoms in total. The maximum Gasteiger partial charge on any atom is 0.260 e. The van der Waals surface area contributed by atoms with Gasteiger partial charge in [-0.25, -0.2) is 23.1 Å². The summed E-state index contributed by atoms with van der Waals surface area (Å²) in [6, 6.07) is 0. The van der Waals surface area contributed by atoms with Crippen molar-refractivity contribution >= 4 is 32.1 Å². The number of hydrogen-bond donors (Lipinski definition) is 2. The van der Waals surface area contributed by atoms with E-state index in [9.17, 15) is 8.42 Å². The number of sulfonamides is 1. The van der Waals surface area contributed by atoms with E-state index in [1.165, 1.54) is 15.7 Å². The van der Waals surface area contributed by atoms with Gasteiger partial charge in [0.15, 0.2) is 15.8 Å². The van der Waals surface area contributed by atoms with Gasteiger partial charge in [0.05, 0.1) is 6.54 Å². The van der Waals surface area contributed by atoms with Gasteiger partial charge in [-0.05, 0) is 0 Å². The second-order valence-corrected chi connectivity index (χ2v) is 6.69. The SMILES string of the molecule is Cn1ccnc1CNS(=O)(=O)c1c(N)nc2sccn12. The van der Waals surface area contributed by atoms with Crippen LogP contribution in [0.4, 0.5) is 5.82 Å². The lowest BCUT2D eigenvalue weighted by Gasteiger charge is -2.06. The molecule has 10 heteroatoms. The Hall–Kier alpha value is -1.91. The van der Waals surface area contributed by atoms with E-state index in [0.29, 0.717) is 10.8 Å². The van der Waals surface area contributed by atoms with Crippen molar-refractivity contribution in [3.63, 3.8) is 0 Å². The smallest absolute Gasteiger partial charge is 0.260 e. The molecule has 3 N–H and O–H groups in total. The number of anilines is 1. The van der Waals surface area contributed by atoms with Crippen LogP contribution in [0.3, 0.4) is 0 Å². The molecule has 106 valence electrons. The molecule has 3 aromatic heterocycles. The summed E-state index contributed by atoms with van der Waals surface area (Å²) in [5.74, 6) is 0.599. The molecule has 0 spiro atoms. The quantitative estimate of drug-likeness (QED) is 0.715. The first-order valence-electron chi connectivity index (χ1n) is 5.66. The number of nitrogens with two attached hydrogens (primary N) is 1. The number of fused-ring (bicyclic) bond motifs is 1. The van der Waals surface area contributed by atoms with Gasteiger partial charge in [0.1, 0.15) is 5.82 Å². The molecule has 0 atom stereocenters. The first-order chi connectivity index (χ1) is 9.49. The molecule has 0 unspecified atom stereocenters. The highest BCUT2D eigenvalue weighted by molar-refractivity contribution is 7.89. The first-order valence-corrected chi connectivity index (χ1v) is 8.02. The minimum atomic E-state index is -3.76. The van der Waals surface area contributed by atoms with E-state index >= 15 is 0 Å². The number of nitrogens with one attached hydrogen (secondary N) is 1. The summed E-state index contributed by atoms with van der Waals surface area (Å²) in [4.78, 5) is 8.62. The number of thiazole rings is 1. The molecule has 0 fully saturated rings. The molecule has 3 heterocycles. The fraction of sp³-hybridized carbons (Fsp3) is 0.200. The maximum absolute atomic E-state index is 12.3. The van der Waals surface area contributed by atoms with Crippen LogP contribution in [0.5, 0.6) is 0 Å². The predicted molar refractivity (Wildman–Crippen MR) is 74.7 cm³/mol. The van der Waals surface area contributed by atoms with Crippen LogP contribution >= 0.6 is 11.3 Å². The average Bonchev–Trinajstić information content (AvgIpc) is 3.02. The van der Waals surface area contributed by atoms with Crippen LogP contribution in [0.15, 0.2) is 29.0 Å². The standard InChI is InChI=1S/C10H12N6O2S2/c1-15-3-2-12-7(15)6-13-20(17,18)9-8(11)14-10-16(9)4-5-19-10/h2-5,13H,6,11H2,1H3. The van der Waals surface area contributed by atoms with Gasteiger partial charge >= 0.3 is 0 Å². The monoisotopic (exact) mass is 312 g/mol. The number of aromatic nitrogens is 4. The van der Waals surface area contributed by atoms with Crippen molar-refractivity contribution in [3.05, 3.63) is 29.8 Å². The van der Waals surface area contributed by atoms with Crippen LogP contribution in [-0.4, -0.2) is 27.4 Å². The lowest BCUT2D eigenvalue weighted by molar-refractivity contribution is 0.573. The van der Waals surface area contributed by atoms with Crippen molar-refractivity contribution < 1.29 is 8.42 Å². The van der Waals surface area contributed by atoms with E-state index in [-0.39, 0.29) is 17.4 Å². The van der Waals surface area contributed by atoms with Gasteiger partial charge in [-0.2, -0.15) is 0 Å². The molecular formula is C10H12N6O2S2. The third-order valence-corrected chi connectivity index (χ3v) is 5.04. The first kappa shape index (κ1) is 13.1. The third-order valence-electron chi connectivity index (χ3n) is 2.84. The van der Waals surface area contributed by atoms with Crippen LogP contribution in [0, 0.1) is 0 Å². The minimum Gasteiger partial charge on any atom is -0.381 e. The zero-order chi connectivity index (χ0) is 14.3. The van der Waals surface area contributed by atoms with Gasteiger partial charge in [-0.15, -0.1) is 11.3 Å². The summed E-state index contributed by atoms with van der Waals surface area (Å²) >= 11 is 1.32. The van der Waals surface area contributed by atoms with Crippen LogP contribution in [0.1, 0.15) is 5.82 Å². The Morgan fingerprint density at radius 1 is 1.45 bits per heavy atom. The topological polar surface area (TPSA) is 107 Å². The van der Waals surface area contributed by atoms with E-state index in [0.717, 1.165) is 0 Å². The number of nitrogens with zero attached hydrogens (tertiary/aromatic N) is 4. The second-order valence-electron chi connectivity index (χ2n) is 4.14. The number of imidazole rings is 2. The second kappa shape index (κ2) is 4.58. The van der Waals surface area contributed by atoms with Crippen LogP contribution in [0.25, 0.3) is 4.96 Å². The van der Waals surface area contributed by atoms with Crippen molar-refractivity contribution in [2.45, 2.75) is 11.6 Å². The van der Waals surface area contributed by atoms with Crippen LogP contribution < -0.4 is 10.5 Å². The lowest BCUT2D eigenvalue weighted by Crippen LogP contribution is -2.26. The Morgan fingerprint density at radius 2 is 2.25 bits per heavy atom. The summed E-state index contributed by atoms with van der Waals surface area (Å²) in [5, 5.41) is 1.71. The van der Waals surface area contributed by atoms with E-state index in [1.807, 2.05) is 0 Å².